The van der Waals surface area contributed by atoms with E-state index in [0.717, 1.165) is 12.8 Å². The van der Waals surface area contributed by atoms with Crippen LogP contribution in [0.3, 0.4) is 0 Å². The van der Waals surface area contributed by atoms with E-state index in [0.29, 0.717) is 24.2 Å². The van der Waals surface area contributed by atoms with Gasteiger partial charge < -0.3 is 15.7 Å². The van der Waals surface area contributed by atoms with Gasteiger partial charge >= 0.3 is 0 Å². The Balaban J connectivity index is 2.87. The van der Waals surface area contributed by atoms with Crippen LogP contribution in [-0.4, -0.2) is 47.1 Å². The van der Waals surface area contributed by atoms with Gasteiger partial charge in [0.2, 0.25) is 0 Å². The molecule has 108 valence electrons. The van der Waals surface area contributed by atoms with E-state index in [1.54, 1.807) is 17.2 Å². The summed E-state index contributed by atoms with van der Waals surface area (Å²) < 4.78 is 0. The first kappa shape index (κ1) is 16.2. The zero-order valence-electron chi connectivity index (χ0n) is 11.8. The average molecular weight is 275 g/mol. The summed E-state index contributed by atoms with van der Waals surface area (Å²) in [6.45, 7) is 3.25. The number of aliphatic hydroxyl groups is 1. The molecule has 0 saturated carbocycles. The van der Waals surface area contributed by atoms with Crippen LogP contribution in [0.5, 0.6) is 0 Å². The van der Waals surface area contributed by atoms with Crippen LogP contribution in [0, 0.1) is 11.8 Å². The predicted molar refractivity (Wildman–Crippen MR) is 78.1 cm³/mol. The molecule has 0 saturated heterocycles. The Morgan fingerprint density at radius 1 is 1.45 bits per heavy atom. The van der Waals surface area contributed by atoms with Crippen molar-refractivity contribution in [3.8, 4) is 11.8 Å². The number of nitrogens with zero attached hydrogens (tertiary/aromatic N) is 2. The molecule has 1 aromatic rings. The minimum absolute atomic E-state index is 0.0461. The molecular weight excluding hydrogens is 254 g/mol. The average Bonchev–Trinajstić information content (AvgIpc) is 2.49. The molecule has 0 unspecified atom stereocenters. The van der Waals surface area contributed by atoms with Gasteiger partial charge in [-0.05, 0) is 12.5 Å². The molecule has 20 heavy (non-hydrogen) atoms. The number of aromatic nitrogens is 1. The molecule has 0 spiro atoms. The highest BCUT2D eigenvalue weighted by Crippen LogP contribution is 2.07. The smallest absolute Gasteiger partial charge is 0.255 e. The lowest BCUT2D eigenvalue weighted by molar-refractivity contribution is 0.0719. The van der Waals surface area contributed by atoms with E-state index in [1.165, 1.54) is 6.20 Å². The summed E-state index contributed by atoms with van der Waals surface area (Å²) in [5, 5.41) is 9.06. The molecule has 0 radical (unpaired) electrons. The number of carbonyl (C=O) groups is 1. The van der Waals surface area contributed by atoms with Gasteiger partial charge in [-0.25, -0.2) is 0 Å². The first-order chi connectivity index (χ1) is 9.72. The molecule has 0 fully saturated rings. The van der Waals surface area contributed by atoms with E-state index in [-0.39, 0.29) is 19.1 Å². The number of amides is 1. The van der Waals surface area contributed by atoms with Gasteiger partial charge in [-0.15, -0.1) is 0 Å². The number of hydrogen-bond donors (Lipinski definition) is 2. The normalized spacial score (nSPS) is 9.75. The first-order valence-electron chi connectivity index (χ1n) is 6.77. The Morgan fingerprint density at radius 3 is 2.90 bits per heavy atom. The zero-order chi connectivity index (χ0) is 14.8. The number of rotatable bonds is 6. The fourth-order valence-electron chi connectivity index (χ4n) is 1.75. The van der Waals surface area contributed by atoms with Crippen molar-refractivity contribution in [3.63, 3.8) is 0 Å². The SMILES string of the molecule is CCCCN(CCO)C(=O)c1cncc(C#CCN)c1. The van der Waals surface area contributed by atoms with Crippen molar-refractivity contribution in [2.45, 2.75) is 19.8 Å². The van der Waals surface area contributed by atoms with Crippen LogP contribution in [-0.2, 0) is 0 Å². The summed E-state index contributed by atoms with van der Waals surface area (Å²) >= 11 is 0. The lowest BCUT2D eigenvalue weighted by Crippen LogP contribution is -2.34. The molecule has 0 atom stereocenters. The Hall–Kier alpha value is -1.90. The number of nitrogens with two attached hydrogens (primary N) is 1. The number of hydrogen-bond acceptors (Lipinski definition) is 4. The molecule has 5 nitrogen and oxygen atoms in total. The summed E-state index contributed by atoms with van der Waals surface area (Å²) in [6.07, 6.45) is 5.02. The topological polar surface area (TPSA) is 79.5 Å². The van der Waals surface area contributed by atoms with Crippen molar-refractivity contribution in [2.75, 3.05) is 26.2 Å². The molecular formula is C15H21N3O2. The second kappa shape index (κ2) is 9.08. The third kappa shape index (κ3) is 5.00. The van der Waals surface area contributed by atoms with Crippen molar-refractivity contribution in [1.29, 1.82) is 0 Å². The Labute approximate surface area is 119 Å². The van der Waals surface area contributed by atoms with Crippen LogP contribution in [0.15, 0.2) is 18.5 Å². The second-order valence-corrected chi connectivity index (χ2v) is 4.34. The summed E-state index contributed by atoms with van der Waals surface area (Å²) in [5.74, 6) is 5.46. The molecule has 1 aromatic heterocycles. The van der Waals surface area contributed by atoms with E-state index in [2.05, 4.69) is 23.7 Å². The Kier molecular flexibility index (Phi) is 7.33. The molecule has 1 heterocycles. The van der Waals surface area contributed by atoms with E-state index in [9.17, 15) is 4.79 Å². The van der Waals surface area contributed by atoms with E-state index < -0.39 is 0 Å². The molecule has 3 N–H and O–H groups in total. The second-order valence-electron chi connectivity index (χ2n) is 4.34. The molecule has 5 heteroatoms. The van der Waals surface area contributed by atoms with Crippen molar-refractivity contribution >= 4 is 5.91 Å². The van der Waals surface area contributed by atoms with Gasteiger partial charge in [-0.3, -0.25) is 9.78 Å². The third-order valence-corrected chi connectivity index (χ3v) is 2.76. The van der Waals surface area contributed by atoms with Crippen molar-refractivity contribution < 1.29 is 9.90 Å². The minimum Gasteiger partial charge on any atom is -0.395 e. The minimum atomic E-state index is -0.128. The van der Waals surface area contributed by atoms with Crippen molar-refractivity contribution in [2.24, 2.45) is 5.73 Å². The number of pyridine rings is 1. The lowest BCUT2D eigenvalue weighted by Gasteiger charge is -2.21. The molecule has 1 rings (SSSR count). The van der Waals surface area contributed by atoms with Gasteiger partial charge in [-0.1, -0.05) is 25.2 Å². The molecule has 0 aromatic carbocycles. The van der Waals surface area contributed by atoms with Gasteiger partial charge in [-0.2, -0.15) is 0 Å². The highest BCUT2D eigenvalue weighted by Gasteiger charge is 2.15. The van der Waals surface area contributed by atoms with Gasteiger partial charge in [0.1, 0.15) is 0 Å². The maximum atomic E-state index is 12.4. The third-order valence-electron chi connectivity index (χ3n) is 2.76. The summed E-state index contributed by atoms with van der Waals surface area (Å²) in [5.41, 5.74) is 6.47. The van der Waals surface area contributed by atoms with Crippen LogP contribution >= 0.6 is 0 Å². The number of aliphatic hydroxyl groups excluding tert-OH is 1. The van der Waals surface area contributed by atoms with Crippen LogP contribution in [0.25, 0.3) is 0 Å². The maximum Gasteiger partial charge on any atom is 0.255 e. The van der Waals surface area contributed by atoms with E-state index in [4.69, 9.17) is 10.8 Å². The summed E-state index contributed by atoms with van der Waals surface area (Å²) in [4.78, 5) is 18.0. The van der Waals surface area contributed by atoms with Gasteiger partial charge in [0.15, 0.2) is 0 Å². The van der Waals surface area contributed by atoms with Crippen LogP contribution in [0.1, 0.15) is 35.7 Å². The quantitative estimate of drug-likeness (QED) is 0.746. The lowest BCUT2D eigenvalue weighted by atomic mass is 10.1. The highest BCUT2D eigenvalue weighted by atomic mass is 16.3. The van der Waals surface area contributed by atoms with Crippen LogP contribution < -0.4 is 5.73 Å². The van der Waals surface area contributed by atoms with Crippen LogP contribution in [0.4, 0.5) is 0 Å². The zero-order valence-corrected chi connectivity index (χ0v) is 11.8. The maximum absolute atomic E-state index is 12.4. The molecule has 0 aliphatic heterocycles. The van der Waals surface area contributed by atoms with Crippen molar-refractivity contribution in [3.05, 3.63) is 29.6 Å². The van der Waals surface area contributed by atoms with Crippen molar-refractivity contribution in [1.82, 2.24) is 9.88 Å². The molecule has 1 amide bonds. The molecule has 0 bridgehead atoms. The monoisotopic (exact) mass is 275 g/mol. The summed E-state index contributed by atoms with van der Waals surface area (Å²) in [6, 6.07) is 1.70. The van der Waals surface area contributed by atoms with Gasteiger partial charge in [0, 0.05) is 31.0 Å². The highest BCUT2D eigenvalue weighted by molar-refractivity contribution is 5.94. The summed E-state index contributed by atoms with van der Waals surface area (Å²) in [7, 11) is 0. The van der Waals surface area contributed by atoms with Crippen LogP contribution in [0.2, 0.25) is 0 Å². The molecule has 0 aliphatic rings. The fourth-order valence-corrected chi connectivity index (χ4v) is 1.75. The predicted octanol–water partition coefficient (Wildman–Crippen LogP) is 0.626. The molecule has 0 aliphatic carbocycles. The number of unbranched alkanes of at least 4 members (excludes halogenated alkanes) is 1. The van der Waals surface area contributed by atoms with E-state index >= 15 is 0 Å². The Morgan fingerprint density at radius 2 is 2.25 bits per heavy atom. The van der Waals surface area contributed by atoms with E-state index in [1.807, 2.05) is 0 Å². The fraction of sp³-hybridized carbons (Fsp3) is 0.467. The van der Waals surface area contributed by atoms with Gasteiger partial charge in [0.25, 0.3) is 5.91 Å². The number of carbonyl (C=O) groups excluding carboxylic acids is 1. The first-order valence-corrected chi connectivity index (χ1v) is 6.77. The standard InChI is InChI=1S/C15H21N3O2/c1-2-3-7-18(8-9-19)15(20)14-10-13(5-4-6-16)11-17-12-14/h10-12,19H,2-3,6-9,16H2,1H3. The largest absolute Gasteiger partial charge is 0.395 e. The Bertz CT molecular complexity index is 491. The van der Waals surface area contributed by atoms with Gasteiger partial charge in [0.05, 0.1) is 18.7 Å².